The van der Waals surface area contributed by atoms with Gasteiger partial charge in [0, 0.05) is 6.20 Å². The second kappa shape index (κ2) is 6.41. The van der Waals surface area contributed by atoms with E-state index in [0.717, 1.165) is 11.1 Å². The lowest BCUT2D eigenvalue weighted by molar-refractivity contribution is 0.141. The van der Waals surface area contributed by atoms with Gasteiger partial charge in [0.05, 0.1) is 18.3 Å². The van der Waals surface area contributed by atoms with E-state index in [9.17, 15) is 0 Å². The van der Waals surface area contributed by atoms with Crippen LogP contribution in [0.5, 0.6) is 0 Å². The Bertz CT molecular complexity index is 544. The largest absolute Gasteiger partial charge is 0.486 e. The van der Waals surface area contributed by atoms with Crippen LogP contribution in [0.1, 0.15) is 31.9 Å². The Hall–Kier alpha value is -1.65. The molecule has 21 heavy (non-hydrogen) atoms. The van der Waals surface area contributed by atoms with Crippen LogP contribution in [0.2, 0.25) is 0 Å². The minimum Gasteiger partial charge on any atom is -0.486 e. The van der Waals surface area contributed by atoms with Gasteiger partial charge in [0.15, 0.2) is 5.76 Å². The minimum atomic E-state index is -0.0672. The summed E-state index contributed by atoms with van der Waals surface area (Å²) in [5, 5.41) is 11.5. The number of benzene rings is 1. The molecule has 114 valence electrons. The molecule has 2 rings (SSSR count). The van der Waals surface area contributed by atoms with E-state index in [-0.39, 0.29) is 12.1 Å². The maximum absolute atomic E-state index is 9.01. The molecule has 0 fully saturated rings. The van der Waals surface area contributed by atoms with Crippen molar-refractivity contribution in [2.45, 2.75) is 39.5 Å². The molecule has 0 bridgehead atoms. The van der Waals surface area contributed by atoms with Crippen LogP contribution in [0.4, 0.5) is 0 Å². The predicted molar refractivity (Wildman–Crippen MR) is 83.9 cm³/mol. The predicted octanol–water partition coefficient (Wildman–Crippen LogP) is 3.24. The van der Waals surface area contributed by atoms with Crippen LogP contribution in [-0.2, 0) is 18.0 Å². The number of aliphatic hydroxyl groups is 1. The zero-order valence-corrected chi connectivity index (χ0v) is 13.3. The lowest BCUT2D eigenvalue weighted by Crippen LogP contribution is -2.46. The van der Waals surface area contributed by atoms with Gasteiger partial charge in [-0.05, 0) is 31.9 Å². The van der Waals surface area contributed by atoms with E-state index in [2.05, 4.69) is 26.2 Å². The summed E-state index contributed by atoms with van der Waals surface area (Å²) in [4.78, 5) is 0. The number of aliphatic hydroxyl groups excluding tert-OH is 1. The number of hydrazine groups is 1. The van der Waals surface area contributed by atoms with Gasteiger partial charge in [0.1, 0.15) is 11.6 Å². The number of nitrogens with one attached hydrogen (secondary N) is 1. The first kappa shape index (κ1) is 15.7. The van der Waals surface area contributed by atoms with Gasteiger partial charge < -0.3 is 15.3 Å². The summed E-state index contributed by atoms with van der Waals surface area (Å²) in [5.74, 6) is 0.614. The molecule has 5 heteroatoms. The third-order valence-electron chi connectivity index (χ3n) is 3.14. The lowest BCUT2D eigenvalue weighted by atomic mass is 10.1. The van der Waals surface area contributed by atoms with Gasteiger partial charge in [-0.1, -0.05) is 35.9 Å². The number of ether oxygens (including phenoxy) is 1. The SMILES string of the molecule is CC(C)(C)N1C=C(Cl)C(OCc2ccc(CO)cc2)=CN1. The van der Waals surface area contributed by atoms with Crippen molar-refractivity contribution >= 4 is 11.6 Å². The molecular formula is C16H21ClN2O2. The Kier molecular flexibility index (Phi) is 4.80. The zero-order valence-electron chi connectivity index (χ0n) is 12.6. The van der Waals surface area contributed by atoms with E-state index in [1.54, 1.807) is 6.20 Å². The monoisotopic (exact) mass is 308 g/mol. The number of halogens is 1. The lowest BCUT2D eigenvalue weighted by Gasteiger charge is -2.36. The first-order chi connectivity index (χ1) is 9.90. The molecule has 0 unspecified atom stereocenters. The first-order valence-electron chi connectivity index (χ1n) is 6.85. The van der Waals surface area contributed by atoms with Crippen LogP contribution in [0, 0.1) is 0 Å². The molecular weight excluding hydrogens is 288 g/mol. The highest BCUT2D eigenvalue weighted by Gasteiger charge is 2.22. The fraction of sp³-hybridized carbons (Fsp3) is 0.375. The third-order valence-corrected chi connectivity index (χ3v) is 3.42. The van der Waals surface area contributed by atoms with Gasteiger partial charge in [-0.2, -0.15) is 0 Å². The summed E-state index contributed by atoms with van der Waals surface area (Å²) in [6.07, 6.45) is 3.58. The molecule has 1 aliphatic heterocycles. The molecule has 0 atom stereocenters. The molecule has 0 amide bonds. The van der Waals surface area contributed by atoms with Crippen molar-refractivity contribution in [1.29, 1.82) is 0 Å². The van der Waals surface area contributed by atoms with Gasteiger partial charge in [0.25, 0.3) is 0 Å². The molecule has 1 aromatic rings. The van der Waals surface area contributed by atoms with Gasteiger partial charge in [0.2, 0.25) is 0 Å². The molecule has 0 spiro atoms. The second-order valence-corrected chi connectivity index (χ2v) is 6.33. The number of hydrogen-bond acceptors (Lipinski definition) is 4. The summed E-state index contributed by atoms with van der Waals surface area (Å²) >= 11 is 6.25. The standard InChI is InChI=1S/C16H21ClN2O2/c1-16(2,3)19-9-14(17)15(8-18-19)21-11-13-6-4-12(10-20)5-7-13/h4-9,18,20H,10-11H2,1-3H3. The highest BCUT2D eigenvalue weighted by molar-refractivity contribution is 6.31. The summed E-state index contributed by atoms with van der Waals surface area (Å²) < 4.78 is 5.72. The fourth-order valence-corrected chi connectivity index (χ4v) is 2.02. The zero-order chi connectivity index (χ0) is 15.5. The Morgan fingerprint density at radius 1 is 1.19 bits per heavy atom. The minimum absolute atomic E-state index is 0.0490. The van der Waals surface area contributed by atoms with E-state index in [1.165, 1.54) is 0 Å². The summed E-state index contributed by atoms with van der Waals surface area (Å²) in [5.41, 5.74) is 4.99. The Morgan fingerprint density at radius 2 is 1.81 bits per heavy atom. The number of allylic oxidation sites excluding steroid dienone is 1. The Morgan fingerprint density at radius 3 is 2.33 bits per heavy atom. The van der Waals surface area contributed by atoms with E-state index in [1.807, 2.05) is 35.5 Å². The number of hydrogen-bond donors (Lipinski definition) is 2. The van der Waals surface area contributed by atoms with Crippen molar-refractivity contribution in [1.82, 2.24) is 10.4 Å². The average molecular weight is 309 g/mol. The van der Waals surface area contributed by atoms with Crippen LogP contribution < -0.4 is 5.43 Å². The highest BCUT2D eigenvalue weighted by atomic mass is 35.5. The topological polar surface area (TPSA) is 44.7 Å². The first-order valence-corrected chi connectivity index (χ1v) is 7.23. The normalized spacial score (nSPS) is 15.2. The van der Waals surface area contributed by atoms with Crippen LogP contribution >= 0.6 is 11.6 Å². The van der Waals surface area contributed by atoms with Crippen molar-refractivity contribution in [2.75, 3.05) is 0 Å². The van der Waals surface area contributed by atoms with Crippen molar-refractivity contribution in [3.05, 3.63) is 58.6 Å². The molecule has 0 radical (unpaired) electrons. The van der Waals surface area contributed by atoms with Gasteiger partial charge in [-0.15, -0.1) is 0 Å². The molecule has 1 aromatic carbocycles. The van der Waals surface area contributed by atoms with Gasteiger partial charge >= 0.3 is 0 Å². The average Bonchev–Trinajstić information content (AvgIpc) is 2.45. The molecule has 0 saturated carbocycles. The van der Waals surface area contributed by atoms with Crippen molar-refractivity contribution in [3.8, 4) is 0 Å². The molecule has 1 heterocycles. The number of nitrogens with zero attached hydrogens (tertiary/aromatic N) is 1. The van der Waals surface area contributed by atoms with Crippen LogP contribution in [0.15, 0.2) is 47.5 Å². The third kappa shape index (κ3) is 4.16. The molecule has 2 N–H and O–H groups in total. The van der Waals surface area contributed by atoms with Crippen LogP contribution in [0.25, 0.3) is 0 Å². The summed E-state index contributed by atoms with van der Waals surface area (Å²) in [6.45, 7) is 6.74. The van der Waals surface area contributed by atoms with Crippen molar-refractivity contribution < 1.29 is 9.84 Å². The van der Waals surface area contributed by atoms with E-state index in [4.69, 9.17) is 21.4 Å². The van der Waals surface area contributed by atoms with E-state index >= 15 is 0 Å². The van der Waals surface area contributed by atoms with Crippen molar-refractivity contribution in [3.63, 3.8) is 0 Å². The van der Waals surface area contributed by atoms with Crippen LogP contribution in [-0.4, -0.2) is 15.7 Å². The molecule has 4 nitrogen and oxygen atoms in total. The quantitative estimate of drug-likeness (QED) is 0.896. The molecule has 0 aliphatic carbocycles. The maximum atomic E-state index is 9.01. The van der Waals surface area contributed by atoms with Gasteiger partial charge in [-0.25, -0.2) is 0 Å². The molecule has 1 aliphatic rings. The van der Waals surface area contributed by atoms with E-state index < -0.39 is 0 Å². The van der Waals surface area contributed by atoms with E-state index in [0.29, 0.717) is 17.4 Å². The summed E-state index contributed by atoms with van der Waals surface area (Å²) in [7, 11) is 0. The molecule has 0 saturated heterocycles. The number of rotatable bonds is 4. The second-order valence-electron chi connectivity index (χ2n) is 5.92. The maximum Gasteiger partial charge on any atom is 0.157 e. The fourth-order valence-electron chi connectivity index (χ4n) is 1.81. The van der Waals surface area contributed by atoms with Crippen LogP contribution in [0.3, 0.4) is 0 Å². The smallest absolute Gasteiger partial charge is 0.157 e. The Balaban J connectivity index is 1.95. The Labute approximate surface area is 130 Å². The van der Waals surface area contributed by atoms with Gasteiger partial charge in [-0.3, -0.25) is 5.01 Å². The van der Waals surface area contributed by atoms with Crippen molar-refractivity contribution in [2.24, 2.45) is 0 Å². The highest BCUT2D eigenvalue weighted by Crippen LogP contribution is 2.24. The molecule has 0 aromatic heterocycles. The summed E-state index contributed by atoms with van der Waals surface area (Å²) in [6, 6.07) is 7.62.